The molecule has 4 rings (SSSR count). The number of carbonyl (C=O) groups excluding carboxylic acids is 1. The third-order valence-electron chi connectivity index (χ3n) is 5.10. The highest BCUT2D eigenvalue weighted by Crippen LogP contribution is 2.38. The van der Waals surface area contributed by atoms with Gasteiger partial charge < -0.3 is 10.1 Å². The summed E-state index contributed by atoms with van der Waals surface area (Å²) in [6.07, 6.45) is 0.292. The fourth-order valence-electron chi connectivity index (χ4n) is 3.52. The number of benzene rings is 4. The lowest BCUT2D eigenvalue weighted by Gasteiger charge is -2.15. The maximum atomic E-state index is 12.7. The Balaban J connectivity index is 1.58. The molecule has 6 heteroatoms. The Morgan fingerprint density at radius 2 is 1.68 bits per heavy atom. The van der Waals surface area contributed by atoms with Crippen molar-refractivity contribution in [1.82, 2.24) is 0 Å². The number of nitrogens with one attached hydrogen (secondary N) is 1. The van der Waals surface area contributed by atoms with Crippen LogP contribution in [0.1, 0.15) is 12.5 Å². The van der Waals surface area contributed by atoms with Crippen LogP contribution < -0.4 is 10.1 Å². The molecule has 0 aliphatic heterocycles. The molecule has 0 bridgehead atoms. The van der Waals surface area contributed by atoms with Crippen molar-refractivity contribution in [1.29, 1.82) is 0 Å². The zero-order valence-electron chi connectivity index (χ0n) is 18.6. The first kappa shape index (κ1) is 24.2. The Morgan fingerprint density at radius 1 is 0.882 bits per heavy atom. The van der Waals surface area contributed by atoms with E-state index >= 15 is 0 Å². The van der Waals surface area contributed by atoms with Crippen LogP contribution in [0.4, 0.5) is 5.69 Å². The second kappa shape index (κ2) is 11.5. The van der Waals surface area contributed by atoms with Gasteiger partial charge in [0.05, 0.1) is 11.4 Å². The highest BCUT2D eigenvalue weighted by molar-refractivity contribution is 7.78. The number of rotatable bonds is 8. The molecule has 1 N–H and O–H groups in total. The molecule has 4 aromatic rings. The molecule has 172 valence electrons. The summed E-state index contributed by atoms with van der Waals surface area (Å²) in [5.41, 5.74) is 3.35. The SMILES string of the molecule is CC[SH+]c1ccc(CC(=O)Nc2ccc(-c3cccc(Cl)c3)c(Oc3ccccc3Cl)c2)cc1. The van der Waals surface area contributed by atoms with E-state index in [4.69, 9.17) is 27.9 Å². The lowest BCUT2D eigenvalue weighted by molar-refractivity contribution is -0.115. The van der Waals surface area contributed by atoms with E-state index in [0.717, 1.165) is 22.4 Å². The van der Waals surface area contributed by atoms with Gasteiger partial charge in [-0.3, -0.25) is 4.79 Å². The summed E-state index contributed by atoms with van der Waals surface area (Å²) in [4.78, 5) is 14.0. The normalized spacial score (nSPS) is 10.7. The van der Waals surface area contributed by atoms with Crippen LogP contribution in [-0.2, 0) is 23.0 Å². The third kappa shape index (κ3) is 6.35. The Bertz CT molecular complexity index is 1290. The maximum absolute atomic E-state index is 12.7. The van der Waals surface area contributed by atoms with Crippen molar-refractivity contribution in [3.8, 4) is 22.6 Å². The Labute approximate surface area is 214 Å². The molecule has 0 unspecified atom stereocenters. The molecule has 0 heterocycles. The van der Waals surface area contributed by atoms with E-state index < -0.39 is 0 Å². The predicted molar refractivity (Wildman–Crippen MR) is 145 cm³/mol. The smallest absolute Gasteiger partial charge is 0.228 e. The van der Waals surface area contributed by atoms with Gasteiger partial charge in [0.15, 0.2) is 4.90 Å². The zero-order chi connectivity index (χ0) is 23.9. The van der Waals surface area contributed by atoms with Crippen LogP contribution in [0.3, 0.4) is 0 Å². The number of hydrogen-bond acceptors (Lipinski definition) is 2. The van der Waals surface area contributed by atoms with Crippen LogP contribution in [-0.4, -0.2) is 11.7 Å². The Hall–Kier alpha value is -2.92. The van der Waals surface area contributed by atoms with E-state index in [1.54, 1.807) is 18.2 Å². The summed E-state index contributed by atoms with van der Waals surface area (Å²) in [6.45, 7) is 2.14. The molecule has 0 spiro atoms. The maximum Gasteiger partial charge on any atom is 0.228 e. The molecule has 0 aliphatic rings. The molecule has 1 amide bonds. The molecule has 4 aromatic carbocycles. The summed E-state index contributed by atoms with van der Waals surface area (Å²) in [5, 5.41) is 4.11. The summed E-state index contributed by atoms with van der Waals surface area (Å²) in [7, 11) is 0. The molecule has 0 radical (unpaired) electrons. The molecular weight excluding hydrogens is 485 g/mol. The average molecular weight is 509 g/mol. The van der Waals surface area contributed by atoms with Crippen molar-refractivity contribution in [2.24, 2.45) is 0 Å². The number of thiol groups is 1. The number of halogens is 2. The van der Waals surface area contributed by atoms with E-state index in [1.165, 1.54) is 16.7 Å². The summed E-state index contributed by atoms with van der Waals surface area (Å²) in [5.74, 6) is 2.07. The fraction of sp³-hybridized carbons (Fsp3) is 0.107. The largest absolute Gasteiger partial charge is 0.455 e. The lowest BCUT2D eigenvalue weighted by atomic mass is 10.0. The minimum absolute atomic E-state index is 0.0972. The van der Waals surface area contributed by atoms with Gasteiger partial charge in [0.2, 0.25) is 5.91 Å². The summed E-state index contributed by atoms with van der Waals surface area (Å²) < 4.78 is 6.18. The monoisotopic (exact) mass is 508 g/mol. The molecular formula is C28H24Cl2NO2S+. The summed E-state index contributed by atoms with van der Waals surface area (Å²) in [6, 6.07) is 28.5. The first-order valence-corrected chi connectivity index (χ1v) is 12.7. The number of hydrogen-bond donors (Lipinski definition) is 1. The second-order valence-electron chi connectivity index (χ2n) is 7.62. The predicted octanol–water partition coefficient (Wildman–Crippen LogP) is 7.83. The van der Waals surface area contributed by atoms with E-state index in [1.807, 2.05) is 60.7 Å². The quantitative estimate of drug-likeness (QED) is 0.194. The number of ether oxygens (including phenoxy) is 1. The molecule has 34 heavy (non-hydrogen) atoms. The van der Waals surface area contributed by atoms with Crippen molar-refractivity contribution in [2.45, 2.75) is 18.2 Å². The second-order valence-corrected chi connectivity index (χ2v) is 9.93. The van der Waals surface area contributed by atoms with Crippen LogP contribution in [0.15, 0.2) is 95.9 Å². The third-order valence-corrected chi connectivity index (χ3v) is 6.63. The number of para-hydroxylation sites is 1. The minimum Gasteiger partial charge on any atom is -0.455 e. The van der Waals surface area contributed by atoms with E-state index in [2.05, 4.69) is 24.4 Å². The van der Waals surface area contributed by atoms with Crippen molar-refractivity contribution in [3.05, 3.63) is 107 Å². The van der Waals surface area contributed by atoms with Gasteiger partial charge in [-0.2, -0.15) is 0 Å². The van der Waals surface area contributed by atoms with Crippen LogP contribution in [0.2, 0.25) is 10.0 Å². The van der Waals surface area contributed by atoms with E-state index in [-0.39, 0.29) is 5.91 Å². The molecule has 3 nitrogen and oxygen atoms in total. The van der Waals surface area contributed by atoms with Gasteiger partial charge in [-0.15, -0.1) is 0 Å². The van der Waals surface area contributed by atoms with Crippen LogP contribution in [0.5, 0.6) is 11.5 Å². The van der Waals surface area contributed by atoms with Gasteiger partial charge in [0.25, 0.3) is 0 Å². The van der Waals surface area contributed by atoms with Crippen molar-refractivity contribution in [3.63, 3.8) is 0 Å². The first-order chi connectivity index (χ1) is 16.5. The molecule has 0 aliphatic carbocycles. The molecule has 0 aromatic heterocycles. The lowest BCUT2D eigenvalue weighted by Crippen LogP contribution is -2.14. The number of carbonyl (C=O) groups is 1. The molecule has 0 atom stereocenters. The standard InChI is InChI=1S/C28H23Cl2NO2S/c1-2-34-23-13-10-19(11-14-23)16-28(32)31-22-12-15-24(20-6-5-7-21(29)17-20)27(18-22)33-26-9-4-3-8-25(26)30/h3-15,17-18H,2,16H2,1H3,(H,31,32)/p+1. The van der Waals surface area contributed by atoms with Crippen LogP contribution >= 0.6 is 23.2 Å². The minimum atomic E-state index is -0.0972. The zero-order valence-corrected chi connectivity index (χ0v) is 21.0. The van der Waals surface area contributed by atoms with Gasteiger partial charge in [-0.25, -0.2) is 0 Å². The number of amides is 1. The number of anilines is 1. The highest BCUT2D eigenvalue weighted by atomic mass is 35.5. The molecule has 0 saturated heterocycles. The average Bonchev–Trinajstić information content (AvgIpc) is 2.82. The van der Waals surface area contributed by atoms with Crippen molar-refractivity contribution >= 4 is 46.6 Å². The van der Waals surface area contributed by atoms with Gasteiger partial charge in [-0.1, -0.05) is 59.6 Å². The highest BCUT2D eigenvalue weighted by Gasteiger charge is 2.13. The van der Waals surface area contributed by atoms with E-state index in [0.29, 0.717) is 33.7 Å². The van der Waals surface area contributed by atoms with Gasteiger partial charge >= 0.3 is 0 Å². The van der Waals surface area contributed by atoms with E-state index in [9.17, 15) is 4.79 Å². The fourth-order valence-corrected chi connectivity index (χ4v) is 4.61. The Morgan fingerprint density at radius 3 is 2.41 bits per heavy atom. The molecule has 0 fully saturated rings. The van der Waals surface area contributed by atoms with Crippen LogP contribution in [0, 0.1) is 0 Å². The van der Waals surface area contributed by atoms with Crippen molar-refractivity contribution in [2.75, 3.05) is 11.1 Å². The topological polar surface area (TPSA) is 38.3 Å². The van der Waals surface area contributed by atoms with Gasteiger partial charge in [-0.05, 0) is 66.6 Å². The molecule has 0 saturated carbocycles. The Kier molecular flexibility index (Phi) is 8.17. The van der Waals surface area contributed by atoms with Crippen LogP contribution in [0.25, 0.3) is 11.1 Å². The van der Waals surface area contributed by atoms with Gasteiger partial charge in [0, 0.05) is 34.1 Å². The first-order valence-electron chi connectivity index (χ1n) is 10.9. The summed E-state index contributed by atoms with van der Waals surface area (Å²) >= 11 is 13.8. The van der Waals surface area contributed by atoms with Gasteiger partial charge in [0.1, 0.15) is 17.3 Å². The van der Waals surface area contributed by atoms with Crippen molar-refractivity contribution < 1.29 is 9.53 Å².